The summed E-state index contributed by atoms with van der Waals surface area (Å²) in [6.45, 7) is 4.05. The second kappa shape index (κ2) is 51.8. The van der Waals surface area contributed by atoms with Gasteiger partial charge in [-0.15, -0.1) is 0 Å². The number of aliphatic hydroxyl groups is 4. The molecule has 0 aromatic heterocycles. The van der Waals surface area contributed by atoms with E-state index in [1.165, 1.54) is 238 Å². The smallest absolute Gasteiger partial charge is 0.249 e. The van der Waals surface area contributed by atoms with E-state index in [1.54, 1.807) is 0 Å². The molecule has 0 bridgehead atoms. The lowest BCUT2D eigenvalue weighted by Gasteiger charge is -2.27. The molecule has 374 valence electrons. The van der Waals surface area contributed by atoms with Crippen molar-refractivity contribution < 1.29 is 25.2 Å². The molecule has 4 atom stereocenters. The van der Waals surface area contributed by atoms with Crippen molar-refractivity contribution in [3.05, 3.63) is 24.3 Å². The molecule has 6 heteroatoms. The third-order valence-electron chi connectivity index (χ3n) is 13.4. The summed E-state index contributed by atoms with van der Waals surface area (Å²) in [6.07, 6.45) is 62.7. The Hall–Kier alpha value is -1.21. The summed E-state index contributed by atoms with van der Waals surface area (Å²) in [5.41, 5.74) is 0. The lowest BCUT2D eigenvalue weighted by Crippen LogP contribution is -2.53. The fourth-order valence-electron chi connectivity index (χ4n) is 8.93. The predicted octanol–water partition coefficient (Wildman–Crippen LogP) is 16.3. The van der Waals surface area contributed by atoms with Gasteiger partial charge < -0.3 is 25.7 Å². The standard InChI is InChI=1S/C57H111NO5/c1-3-5-7-9-11-13-15-17-18-19-20-21-22-23-24-25-26-27-28-29-30-31-32-33-34-35-36-37-39-41-43-45-47-49-51-55(61)57(63)58-53(52-59)56(62)54(60)50-48-46-44-42-40-38-16-14-12-10-8-6-4-2/h25-26,42,44,53-56,59-62H,3-24,27-41,43,45-52H2,1-2H3,(H,58,63)/b26-25-,44-42+. The zero-order valence-corrected chi connectivity index (χ0v) is 42.3. The minimum atomic E-state index is -1.28. The minimum absolute atomic E-state index is 0.366. The maximum absolute atomic E-state index is 12.6. The van der Waals surface area contributed by atoms with Crippen LogP contribution in [0.1, 0.15) is 303 Å². The van der Waals surface area contributed by atoms with Crippen molar-refractivity contribution >= 4 is 5.91 Å². The molecule has 0 aliphatic rings. The molecule has 0 fully saturated rings. The topological polar surface area (TPSA) is 110 Å². The van der Waals surface area contributed by atoms with E-state index in [0.717, 1.165) is 38.5 Å². The molecule has 0 saturated carbocycles. The summed E-state index contributed by atoms with van der Waals surface area (Å²) < 4.78 is 0. The third-order valence-corrected chi connectivity index (χ3v) is 13.4. The number of carbonyl (C=O) groups is 1. The van der Waals surface area contributed by atoms with Crippen LogP contribution in [-0.4, -0.2) is 57.3 Å². The summed E-state index contributed by atoms with van der Waals surface area (Å²) in [5.74, 6) is -0.590. The van der Waals surface area contributed by atoms with E-state index in [-0.39, 0.29) is 0 Å². The molecule has 0 aliphatic heterocycles. The molecule has 0 aromatic rings. The Morgan fingerprint density at radius 3 is 0.952 bits per heavy atom. The molecule has 6 nitrogen and oxygen atoms in total. The Bertz CT molecular complexity index is 955. The van der Waals surface area contributed by atoms with Gasteiger partial charge in [-0.05, 0) is 64.2 Å². The maximum Gasteiger partial charge on any atom is 0.249 e. The first-order valence-electron chi connectivity index (χ1n) is 28.2. The number of carbonyl (C=O) groups excluding carboxylic acids is 1. The number of nitrogens with one attached hydrogen (secondary N) is 1. The summed E-state index contributed by atoms with van der Waals surface area (Å²) in [4.78, 5) is 12.6. The SMILES string of the molecule is CCCCCCCCCC/C=C/CCCC(O)C(O)C(CO)NC(=O)C(O)CCCCCCCCCCCCCCCCCC/C=C\CCCCCCCCCCCCCCCC. The number of hydrogen-bond donors (Lipinski definition) is 5. The molecule has 0 heterocycles. The first kappa shape index (κ1) is 61.8. The molecule has 0 spiro atoms. The van der Waals surface area contributed by atoms with Crippen molar-refractivity contribution in [3.8, 4) is 0 Å². The highest BCUT2D eigenvalue weighted by molar-refractivity contribution is 5.80. The van der Waals surface area contributed by atoms with E-state index in [4.69, 9.17) is 0 Å². The van der Waals surface area contributed by atoms with E-state index in [2.05, 4.69) is 43.5 Å². The van der Waals surface area contributed by atoms with Crippen molar-refractivity contribution in [2.24, 2.45) is 0 Å². The molecule has 5 N–H and O–H groups in total. The molecule has 4 unspecified atom stereocenters. The van der Waals surface area contributed by atoms with Crippen molar-refractivity contribution in [2.45, 2.75) is 327 Å². The minimum Gasteiger partial charge on any atom is -0.394 e. The van der Waals surface area contributed by atoms with Gasteiger partial charge in [-0.3, -0.25) is 4.79 Å². The highest BCUT2D eigenvalue weighted by Gasteiger charge is 2.28. The maximum atomic E-state index is 12.6. The second-order valence-corrected chi connectivity index (χ2v) is 19.6. The average Bonchev–Trinajstić information content (AvgIpc) is 3.29. The van der Waals surface area contributed by atoms with Gasteiger partial charge >= 0.3 is 0 Å². The molecule has 63 heavy (non-hydrogen) atoms. The lowest BCUT2D eigenvalue weighted by molar-refractivity contribution is -0.132. The van der Waals surface area contributed by atoms with E-state index >= 15 is 0 Å². The molecule has 1 amide bonds. The normalized spacial score (nSPS) is 13.9. The van der Waals surface area contributed by atoms with Crippen LogP contribution in [0.5, 0.6) is 0 Å². The lowest BCUT2D eigenvalue weighted by atomic mass is 10.00. The van der Waals surface area contributed by atoms with Crippen LogP contribution < -0.4 is 5.32 Å². The van der Waals surface area contributed by atoms with Gasteiger partial charge in [-0.1, -0.05) is 263 Å². The fourth-order valence-corrected chi connectivity index (χ4v) is 8.93. The highest BCUT2D eigenvalue weighted by Crippen LogP contribution is 2.17. The van der Waals surface area contributed by atoms with E-state index in [9.17, 15) is 25.2 Å². The zero-order valence-electron chi connectivity index (χ0n) is 42.3. The van der Waals surface area contributed by atoms with Gasteiger partial charge in [0.2, 0.25) is 5.91 Å². The molecule has 0 rings (SSSR count). The van der Waals surface area contributed by atoms with Crippen LogP contribution in [0.4, 0.5) is 0 Å². The molecular weight excluding hydrogens is 779 g/mol. The van der Waals surface area contributed by atoms with Crippen LogP contribution >= 0.6 is 0 Å². The van der Waals surface area contributed by atoms with Crippen LogP contribution in [0, 0.1) is 0 Å². The third kappa shape index (κ3) is 45.7. The molecule has 0 aliphatic carbocycles. The van der Waals surface area contributed by atoms with Crippen molar-refractivity contribution in [1.29, 1.82) is 0 Å². The van der Waals surface area contributed by atoms with Gasteiger partial charge in [0.1, 0.15) is 12.2 Å². The summed E-state index contributed by atoms with van der Waals surface area (Å²) in [7, 11) is 0. The first-order valence-corrected chi connectivity index (χ1v) is 28.2. The van der Waals surface area contributed by atoms with E-state index in [1.807, 2.05) is 0 Å². The Balaban J connectivity index is 3.54. The summed E-state index contributed by atoms with van der Waals surface area (Å²) in [5, 5.41) is 43.8. The molecular formula is C57H111NO5. The highest BCUT2D eigenvalue weighted by atomic mass is 16.3. The van der Waals surface area contributed by atoms with Crippen molar-refractivity contribution in [3.63, 3.8) is 0 Å². The number of unbranched alkanes of at least 4 members (excludes halogenated alkanes) is 39. The largest absolute Gasteiger partial charge is 0.394 e. The van der Waals surface area contributed by atoms with E-state index < -0.39 is 36.9 Å². The average molecular weight is 891 g/mol. The fraction of sp³-hybridized carbons (Fsp3) is 0.912. The van der Waals surface area contributed by atoms with Gasteiger partial charge in [0.15, 0.2) is 0 Å². The number of amides is 1. The number of aliphatic hydroxyl groups excluding tert-OH is 4. The van der Waals surface area contributed by atoms with Crippen LogP contribution in [0.2, 0.25) is 0 Å². The monoisotopic (exact) mass is 890 g/mol. The number of hydrogen-bond acceptors (Lipinski definition) is 5. The second-order valence-electron chi connectivity index (χ2n) is 19.6. The number of rotatable bonds is 52. The van der Waals surface area contributed by atoms with Crippen LogP contribution in [-0.2, 0) is 4.79 Å². The molecule has 0 saturated heterocycles. The Kier molecular flexibility index (Phi) is 50.8. The quantitative estimate of drug-likeness (QED) is 0.0309. The van der Waals surface area contributed by atoms with Gasteiger partial charge in [0.25, 0.3) is 0 Å². The summed E-state index contributed by atoms with van der Waals surface area (Å²) in [6, 6.07) is -0.999. The number of allylic oxidation sites excluding steroid dienone is 4. The molecule has 0 aromatic carbocycles. The van der Waals surface area contributed by atoms with Gasteiger partial charge in [-0.2, -0.15) is 0 Å². The predicted molar refractivity (Wildman–Crippen MR) is 274 cm³/mol. The van der Waals surface area contributed by atoms with Gasteiger partial charge in [-0.25, -0.2) is 0 Å². The van der Waals surface area contributed by atoms with E-state index in [0.29, 0.717) is 12.8 Å². The van der Waals surface area contributed by atoms with Crippen LogP contribution in [0.25, 0.3) is 0 Å². The van der Waals surface area contributed by atoms with Crippen molar-refractivity contribution in [2.75, 3.05) is 6.61 Å². The Morgan fingerprint density at radius 1 is 0.381 bits per heavy atom. The van der Waals surface area contributed by atoms with Crippen molar-refractivity contribution in [1.82, 2.24) is 5.32 Å². The summed E-state index contributed by atoms with van der Waals surface area (Å²) >= 11 is 0. The van der Waals surface area contributed by atoms with Gasteiger partial charge in [0, 0.05) is 0 Å². The van der Waals surface area contributed by atoms with Crippen LogP contribution in [0.3, 0.4) is 0 Å². The molecule has 0 radical (unpaired) electrons. The first-order chi connectivity index (χ1) is 31.0. The Morgan fingerprint density at radius 2 is 0.651 bits per heavy atom. The van der Waals surface area contributed by atoms with Gasteiger partial charge in [0.05, 0.1) is 18.8 Å². The van der Waals surface area contributed by atoms with Crippen LogP contribution in [0.15, 0.2) is 24.3 Å². The Labute approximate surface area is 393 Å². The zero-order chi connectivity index (χ0) is 45.9.